The second-order valence-electron chi connectivity index (χ2n) is 8.34. The lowest BCUT2D eigenvalue weighted by atomic mass is 9.72. The van der Waals surface area contributed by atoms with E-state index in [1.165, 1.54) is 0 Å². The Morgan fingerprint density at radius 1 is 1.20 bits per heavy atom. The van der Waals surface area contributed by atoms with Crippen molar-refractivity contribution >= 4 is 17.7 Å². The average Bonchev–Trinajstić information content (AvgIpc) is 2.94. The molecular weight excluding hydrogens is 396 g/mol. The van der Waals surface area contributed by atoms with Crippen LogP contribution in [0, 0.1) is 11.8 Å². The minimum atomic E-state index is -2.26. The summed E-state index contributed by atoms with van der Waals surface area (Å²) in [5.74, 6) is -5.65. The Morgan fingerprint density at radius 3 is 2.57 bits per heavy atom. The fraction of sp³-hybridized carbons (Fsp3) is 0.571. The Labute approximate surface area is 172 Å². The topological polar surface area (TPSA) is 140 Å². The van der Waals surface area contributed by atoms with Gasteiger partial charge in [-0.25, -0.2) is 4.79 Å². The van der Waals surface area contributed by atoms with Gasteiger partial charge in [-0.3, -0.25) is 9.59 Å². The molecule has 1 aromatic carbocycles. The van der Waals surface area contributed by atoms with Crippen molar-refractivity contribution in [3.05, 3.63) is 35.9 Å². The van der Waals surface area contributed by atoms with Crippen molar-refractivity contribution in [1.29, 1.82) is 0 Å². The van der Waals surface area contributed by atoms with Crippen LogP contribution in [0.5, 0.6) is 0 Å². The minimum absolute atomic E-state index is 0.0275. The van der Waals surface area contributed by atoms with Gasteiger partial charge in [0.05, 0.1) is 24.2 Å². The van der Waals surface area contributed by atoms with Gasteiger partial charge in [0, 0.05) is 12.3 Å². The predicted octanol–water partition coefficient (Wildman–Crippen LogP) is 0.519. The Balaban J connectivity index is 1.56. The second kappa shape index (κ2) is 7.42. The number of aliphatic hydroxyl groups is 2. The van der Waals surface area contributed by atoms with Gasteiger partial charge in [0.1, 0.15) is 12.2 Å². The maximum atomic E-state index is 13.2. The van der Waals surface area contributed by atoms with E-state index < -0.39 is 53.3 Å². The highest BCUT2D eigenvalue weighted by Crippen LogP contribution is 2.49. The van der Waals surface area contributed by atoms with Crippen molar-refractivity contribution in [2.24, 2.45) is 11.8 Å². The van der Waals surface area contributed by atoms with Crippen molar-refractivity contribution in [3.8, 4) is 0 Å². The minimum Gasteiger partial charge on any atom is -0.481 e. The van der Waals surface area contributed by atoms with Gasteiger partial charge in [0.15, 0.2) is 5.60 Å². The van der Waals surface area contributed by atoms with E-state index in [0.29, 0.717) is 5.56 Å². The fourth-order valence-electron chi connectivity index (χ4n) is 4.50. The SMILES string of the molecule is C[C@@H]1CO[C@@]2(C[C@H]1OC(=O)c1ccccc1)O[C@@H]1C[C@@H](C(=O)O)C[C@@H](O)[C@]1(O)C2=O. The van der Waals surface area contributed by atoms with Crippen LogP contribution in [-0.2, 0) is 23.8 Å². The molecule has 7 atom stereocenters. The van der Waals surface area contributed by atoms with Gasteiger partial charge in [-0.15, -0.1) is 0 Å². The molecule has 0 aromatic heterocycles. The highest BCUT2D eigenvalue weighted by molar-refractivity contribution is 5.97. The van der Waals surface area contributed by atoms with Crippen LogP contribution in [-0.4, -0.2) is 69.3 Å². The third kappa shape index (κ3) is 3.22. The normalized spacial score (nSPS) is 40.8. The molecule has 2 saturated heterocycles. The smallest absolute Gasteiger partial charge is 0.338 e. The highest BCUT2D eigenvalue weighted by atomic mass is 16.7. The maximum absolute atomic E-state index is 13.2. The van der Waals surface area contributed by atoms with Crippen molar-refractivity contribution < 1.29 is 43.9 Å². The number of aliphatic hydroxyl groups excluding tert-OH is 1. The van der Waals surface area contributed by atoms with Gasteiger partial charge < -0.3 is 29.5 Å². The summed E-state index contributed by atoms with van der Waals surface area (Å²) < 4.78 is 17.1. The molecule has 1 saturated carbocycles. The van der Waals surface area contributed by atoms with Gasteiger partial charge in [-0.05, 0) is 25.0 Å². The fourth-order valence-corrected chi connectivity index (χ4v) is 4.50. The molecule has 162 valence electrons. The Hall–Kier alpha value is -2.33. The zero-order chi connectivity index (χ0) is 21.7. The van der Waals surface area contributed by atoms with Crippen molar-refractivity contribution in [1.82, 2.24) is 0 Å². The van der Waals surface area contributed by atoms with E-state index in [0.717, 1.165) is 0 Å². The van der Waals surface area contributed by atoms with Crippen LogP contribution in [0.4, 0.5) is 0 Å². The summed E-state index contributed by atoms with van der Waals surface area (Å²) >= 11 is 0. The van der Waals surface area contributed by atoms with Crippen LogP contribution in [0.2, 0.25) is 0 Å². The zero-order valence-electron chi connectivity index (χ0n) is 16.4. The number of esters is 1. The molecule has 0 amide bonds. The molecule has 3 aliphatic rings. The number of fused-ring (bicyclic) bond motifs is 1. The molecule has 3 N–H and O–H groups in total. The van der Waals surface area contributed by atoms with E-state index >= 15 is 0 Å². The summed E-state index contributed by atoms with van der Waals surface area (Å²) in [4.78, 5) is 37.0. The number of Topliss-reactive ketones (excluding diaryl/α,β-unsaturated/α-hetero) is 1. The molecule has 0 unspecified atom stereocenters. The molecule has 1 aliphatic carbocycles. The van der Waals surface area contributed by atoms with Crippen LogP contribution >= 0.6 is 0 Å². The first-order chi connectivity index (χ1) is 14.2. The van der Waals surface area contributed by atoms with E-state index in [1.54, 1.807) is 37.3 Å². The predicted molar refractivity (Wildman–Crippen MR) is 99.3 cm³/mol. The van der Waals surface area contributed by atoms with Crippen molar-refractivity contribution in [3.63, 3.8) is 0 Å². The summed E-state index contributed by atoms with van der Waals surface area (Å²) in [6.07, 6.45) is -4.12. The Kier molecular flexibility index (Phi) is 5.17. The monoisotopic (exact) mass is 420 g/mol. The molecule has 9 nitrogen and oxygen atoms in total. The molecule has 2 aliphatic heterocycles. The summed E-state index contributed by atoms with van der Waals surface area (Å²) in [7, 11) is 0. The quantitative estimate of drug-likeness (QED) is 0.597. The molecule has 0 radical (unpaired) electrons. The number of carboxylic acid groups (broad SMARTS) is 1. The van der Waals surface area contributed by atoms with E-state index in [-0.39, 0.29) is 31.8 Å². The van der Waals surface area contributed by atoms with Crippen LogP contribution in [0.25, 0.3) is 0 Å². The van der Waals surface area contributed by atoms with Crippen molar-refractivity contribution in [2.45, 2.75) is 55.9 Å². The van der Waals surface area contributed by atoms with Crippen LogP contribution in [0.15, 0.2) is 30.3 Å². The molecule has 3 fully saturated rings. The van der Waals surface area contributed by atoms with Gasteiger partial charge in [0.25, 0.3) is 0 Å². The molecule has 4 rings (SSSR count). The third-order valence-electron chi connectivity index (χ3n) is 6.35. The van der Waals surface area contributed by atoms with E-state index in [4.69, 9.17) is 14.2 Å². The summed E-state index contributed by atoms with van der Waals surface area (Å²) in [6, 6.07) is 8.40. The largest absolute Gasteiger partial charge is 0.481 e. The first-order valence-electron chi connectivity index (χ1n) is 9.93. The number of carbonyl (C=O) groups is 3. The van der Waals surface area contributed by atoms with Crippen molar-refractivity contribution in [2.75, 3.05) is 6.61 Å². The number of ketones is 1. The number of hydrogen-bond donors (Lipinski definition) is 3. The van der Waals surface area contributed by atoms with Gasteiger partial charge in [-0.1, -0.05) is 25.1 Å². The standard InChI is InChI=1S/C21H24O9/c1-11-10-28-20(9-14(11)29-18(25)12-5-3-2-4-6-12)19(26)21(27)15(22)7-13(17(23)24)8-16(21)30-20/h2-6,11,13-16,22,27H,7-10H2,1H3,(H,23,24)/t11-,13+,14-,15-,16-,20+,21-/m1/s1. The first kappa shape index (κ1) is 20.9. The molecular formula is C21H24O9. The summed E-state index contributed by atoms with van der Waals surface area (Å²) in [5, 5.41) is 30.7. The molecule has 0 bridgehead atoms. The highest BCUT2D eigenvalue weighted by Gasteiger charge is 2.70. The zero-order valence-corrected chi connectivity index (χ0v) is 16.4. The number of carbonyl (C=O) groups excluding carboxylic acids is 2. The third-order valence-corrected chi connectivity index (χ3v) is 6.35. The van der Waals surface area contributed by atoms with Crippen LogP contribution < -0.4 is 0 Å². The number of carboxylic acids is 1. The summed E-state index contributed by atoms with van der Waals surface area (Å²) in [6.45, 7) is 1.83. The number of hydrogen-bond acceptors (Lipinski definition) is 8. The van der Waals surface area contributed by atoms with E-state index in [2.05, 4.69) is 0 Å². The molecule has 1 spiro atoms. The lowest BCUT2D eigenvalue weighted by Gasteiger charge is -2.39. The first-order valence-corrected chi connectivity index (χ1v) is 9.93. The number of rotatable bonds is 3. The molecule has 2 heterocycles. The number of benzene rings is 1. The second-order valence-corrected chi connectivity index (χ2v) is 8.34. The average molecular weight is 420 g/mol. The lowest BCUT2D eigenvalue weighted by molar-refractivity contribution is -0.266. The molecule has 9 heteroatoms. The molecule has 30 heavy (non-hydrogen) atoms. The Bertz CT molecular complexity index is 855. The van der Waals surface area contributed by atoms with Gasteiger partial charge >= 0.3 is 11.9 Å². The van der Waals surface area contributed by atoms with Gasteiger partial charge in [0.2, 0.25) is 11.6 Å². The maximum Gasteiger partial charge on any atom is 0.338 e. The van der Waals surface area contributed by atoms with Gasteiger partial charge in [-0.2, -0.15) is 0 Å². The number of aliphatic carboxylic acids is 1. The summed E-state index contributed by atoms with van der Waals surface area (Å²) in [5.41, 5.74) is -1.91. The Morgan fingerprint density at radius 2 is 1.90 bits per heavy atom. The van der Waals surface area contributed by atoms with Crippen LogP contribution in [0.3, 0.4) is 0 Å². The van der Waals surface area contributed by atoms with E-state index in [9.17, 15) is 29.7 Å². The van der Waals surface area contributed by atoms with E-state index in [1.807, 2.05) is 0 Å². The number of ether oxygens (including phenoxy) is 3. The lowest BCUT2D eigenvalue weighted by Crippen LogP contribution is -2.61. The molecule has 1 aromatic rings. The van der Waals surface area contributed by atoms with Crippen LogP contribution in [0.1, 0.15) is 36.5 Å².